The number of hydrogen-bond donors (Lipinski definition) is 1. The summed E-state index contributed by atoms with van der Waals surface area (Å²) in [6.07, 6.45) is 5.59. The highest BCUT2D eigenvalue weighted by atomic mass is 35.5. The minimum absolute atomic E-state index is 0. The van der Waals surface area contributed by atoms with Crippen LogP contribution >= 0.6 is 12.4 Å². The molecule has 3 nitrogen and oxygen atoms in total. The number of aromatic nitrogens is 2. The summed E-state index contributed by atoms with van der Waals surface area (Å²) in [6.45, 7) is 2.10. The van der Waals surface area contributed by atoms with Gasteiger partial charge in [-0.2, -0.15) is 0 Å². The smallest absolute Gasteiger partial charge is 0.133 e. The summed E-state index contributed by atoms with van der Waals surface area (Å²) >= 11 is 0. The largest absolute Gasteiger partial charge is 0.316 e. The molecule has 1 aliphatic carbocycles. The molecule has 2 aliphatic rings. The Bertz CT molecular complexity index is 638. The molecule has 116 valence electrons. The molecule has 0 atom stereocenters. The molecule has 4 heteroatoms. The zero-order valence-corrected chi connectivity index (χ0v) is 13.5. The van der Waals surface area contributed by atoms with E-state index in [1.54, 1.807) is 0 Å². The third-order valence-corrected chi connectivity index (χ3v) is 4.43. The van der Waals surface area contributed by atoms with Crippen LogP contribution in [-0.4, -0.2) is 23.1 Å². The molecule has 0 saturated heterocycles. The maximum Gasteiger partial charge on any atom is 0.133 e. The fourth-order valence-corrected chi connectivity index (χ4v) is 3.18. The SMILES string of the molecule is Cl.c1ccc(Cc2nc3c(c(C4CC4)n2)CCNCC3)cc1. The second-order valence-electron chi connectivity index (χ2n) is 6.14. The Morgan fingerprint density at radius 2 is 1.77 bits per heavy atom. The van der Waals surface area contributed by atoms with Gasteiger partial charge in [0, 0.05) is 31.0 Å². The summed E-state index contributed by atoms with van der Waals surface area (Å²) < 4.78 is 0. The number of nitrogens with one attached hydrogen (secondary N) is 1. The van der Waals surface area contributed by atoms with E-state index in [0.717, 1.165) is 38.2 Å². The quantitative estimate of drug-likeness (QED) is 0.946. The van der Waals surface area contributed by atoms with Crippen molar-refractivity contribution >= 4 is 12.4 Å². The summed E-state index contributed by atoms with van der Waals surface area (Å²) in [6, 6.07) is 10.6. The highest BCUT2D eigenvalue weighted by molar-refractivity contribution is 5.85. The number of rotatable bonds is 3. The summed E-state index contributed by atoms with van der Waals surface area (Å²) in [5, 5.41) is 3.48. The van der Waals surface area contributed by atoms with E-state index in [1.807, 2.05) is 0 Å². The van der Waals surface area contributed by atoms with Crippen LogP contribution in [0.15, 0.2) is 30.3 Å². The average Bonchev–Trinajstić information content (AvgIpc) is 3.34. The van der Waals surface area contributed by atoms with E-state index in [1.165, 1.54) is 35.4 Å². The van der Waals surface area contributed by atoms with Crippen LogP contribution in [0, 0.1) is 0 Å². The van der Waals surface area contributed by atoms with Gasteiger partial charge in [-0.15, -0.1) is 12.4 Å². The first kappa shape index (κ1) is 15.4. The van der Waals surface area contributed by atoms with Gasteiger partial charge < -0.3 is 5.32 Å². The van der Waals surface area contributed by atoms with Crippen LogP contribution in [0.5, 0.6) is 0 Å². The molecule has 1 aliphatic heterocycles. The summed E-state index contributed by atoms with van der Waals surface area (Å²) in [7, 11) is 0. The number of fused-ring (bicyclic) bond motifs is 1. The maximum absolute atomic E-state index is 4.95. The van der Waals surface area contributed by atoms with Crippen LogP contribution in [0.4, 0.5) is 0 Å². The van der Waals surface area contributed by atoms with Gasteiger partial charge in [0.1, 0.15) is 5.82 Å². The van der Waals surface area contributed by atoms with Crippen molar-refractivity contribution in [3.8, 4) is 0 Å². The van der Waals surface area contributed by atoms with E-state index in [4.69, 9.17) is 9.97 Å². The van der Waals surface area contributed by atoms with Crippen LogP contribution in [0.3, 0.4) is 0 Å². The monoisotopic (exact) mass is 315 g/mol. The lowest BCUT2D eigenvalue weighted by Gasteiger charge is -2.13. The molecule has 1 aromatic carbocycles. The molecule has 1 saturated carbocycles. The third-order valence-electron chi connectivity index (χ3n) is 4.43. The predicted octanol–water partition coefficient (Wildman–Crippen LogP) is 3.05. The van der Waals surface area contributed by atoms with Crippen molar-refractivity contribution in [1.82, 2.24) is 15.3 Å². The number of hydrogen-bond acceptors (Lipinski definition) is 3. The highest BCUT2D eigenvalue weighted by Gasteiger charge is 2.30. The lowest BCUT2D eigenvalue weighted by molar-refractivity contribution is 0.707. The molecule has 22 heavy (non-hydrogen) atoms. The Balaban J connectivity index is 0.00000144. The van der Waals surface area contributed by atoms with Crippen molar-refractivity contribution in [2.45, 2.75) is 38.0 Å². The first-order valence-electron chi connectivity index (χ1n) is 8.03. The van der Waals surface area contributed by atoms with Crippen LogP contribution in [0.2, 0.25) is 0 Å². The molecule has 4 rings (SSSR count). The fraction of sp³-hybridized carbons (Fsp3) is 0.444. The number of halogens is 1. The van der Waals surface area contributed by atoms with E-state index in [2.05, 4.69) is 35.6 Å². The van der Waals surface area contributed by atoms with Crippen molar-refractivity contribution < 1.29 is 0 Å². The van der Waals surface area contributed by atoms with Crippen molar-refractivity contribution in [3.63, 3.8) is 0 Å². The first-order valence-corrected chi connectivity index (χ1v) is 8.03. The van der Waals surface area contributed by atoms with Crippen LogP contribution in [-0.2, 0) is 19.3 Å². The van der Waals surface area contributed by atoms with Gasteiger partial charge in [0.25, 0.3) is 0 Å². The molecule has 0 radical (unpaired) electrons. The van der Waals surface area contributed by atoms with E-state index in [0.29, 0.717) is 5.92 Å². The molecular weight excluding hydrogens is 294 g/mol. The van der Waals surface area contributed by atoms with Gasteiger partial charge in [-0.3, -0.25) is 0 Å². The van der Waals surface area contributed by atoms with Crippen molar-refractivity contribution in [2.24, 2.45) is 0 Å². The van der Waals surface area contributed by atoms with E-state index < -0.39 is 0 Å². The Labute approximate surface area is 138 Å². The Hall–Kier alpha value is -1.45. The van der Waals surface area contributed by atoms with Gasteiger partial charge in [-0.05, 0) is 36.9 Å². The Kier molecular flexibility index (Phi) is 4.74. The summed E-state index contributed by atoms with van der Waals surface area (Å²) in [5.41, 5.74) is 5.39. The first-order chi connectivity index (χ1) is 10.4. The third kappa shape index (κ3) is 3.31. The lowest BCUT2D eigenvalue weighted by Crippen LogP contribution is -2.16. The molecule has 0 bridgehead atoms. The van der Waals surface area contributed by atoms with Crippen LogP contribution in [0.1, 0.15) is 47.1 Å². The second-order valence-corrected chi connectivity index (χ2v) is 6.14. The molecular formula is C18H22ClN3. The van der Waals surface area contributed by atoms with Crippen molar-refractivity contribution in [3.05, 3.63) is 58.7 Å². The molecule has 1 N–H and O–H groups in total. The van der Waals surface area contributed by atoms with Gasteiger partial charge in [0.15, 0.2) is 0 Å². The van der Waals surface area contributed by atoms with E-state index in [-0.39, 0.29) is 12.4 Å². The van der Waals surface area contributed by atoms with Crippen LogP contribution < -0.4 is 5.32 Å². The lowest BCUT2D eigenvalue weighted by atomic mass is 10.0. The van der Waals surface area contributed by atoms with E-state index >= 15 is 0 Å². The van der Waals surface area contributed by atoms with Gasteiger partial charge in [-0.1, -0.05) is 30.3 Å². The standard InChI is InChI=1S/C18H21N3.ClH/c1-2-4-13(5-3-1)12-17-20-16-9-11-19-10-8-15(16)18(21-17)14-6-7-14;/h1-5,14,19H,6-12H2;1H. The molecule has 0 amide bonds. The number of benzene rings is 1. The molecule has 0 unspecified atom stereocenters. The maximum atomic E-state index is 4.95. The Morgan fingerprint density at radius 1 is 1.00 bits per heavy atom. The molecule has 2 heterocycles. The molecule has 1 fully saturated rings. The zero-order valence-electron chi connectivity index (χ0n) is 12.7. The molecule has 1 aromatic heterocycles. The minimum atomic E-state index is 0. The van der Waals surface area contributed by atoms with Gasteiger partial charge in [0.2, 0.25) is 0 Å². The van der Waals surface area contributed by atoms with E-state index in [9.17, 15) is 0 Å². The average molecular weight is 316 g/mol. The topological polar surface area (TPSA) is 37.8 Å². The molecule has 2 aromatic rings. The summed E-state index contributed by atoms with van der Waals surface area (Å²) in [4.78, 5) is 9.83. The normalized spacial score (nSPS) is 17.3. The highest BCUT2D eigenvalue weighted by Crippen LogP contribution is 2.41. The predicted molar refractivity (Wildman–Crippen MR) is 90.8 cm³/mol. The minimum Gasteiger partial charge on any atom is -0.316 e. The Morgan fingerprint density at radius 3 is 2.55 bits per heavy atom. The van der Waals surface area contributed by atoms with Crippen molar-refractivity contribution in [2.75, 3.05) is 13.1 Å². The molecule has 0 spiro atoms. The number of nitrogens with zero attached hydrogens (tertiary/aromatic N) is 2. The van der Waals surface area contributed by atoms with Crippen LogP contribution in [0.25, 0.3) is 0 Å². The second kappa shape index (κ2) is 6.76. The fourth-order valence-electron chi connectivity index (χ4n) is 3.18. The van der Waals surface area contributed by atoms with Gasteiger partial charge >= 0.3 is 0 Å². The summed E-state index contributed by atoms with van der Waals surface area (Å²) in [5.74, 6) is 1.71. The van der Waals surface area contributed by atoms with Crippen molar-refractivity contribution in [1.29, 1.82) is 0 Å². The van der Waals surface area contributed by atoms with Gasteiger partial charge in [0.05, 0.1) is 5.69 Å². The zero-order chi connectivity index (χ0) is 14.1. The van der Waals surface area contributed by atoms with Gasteiger partial charge in [-0.25, -0.2) is 9.97 Å².